The summed E-state index contributed by atoms with van der Waals surface area (Å²) in [7, 11) is 1.95. The molecule has 0 bridgehead atoms. The third-order valence-corrected chi connectivity index (χ3v) is 1.60. The smallest absolute Gasteiger partial charge is 0.170 e. The zero-order valence-electron chi connectivity index (χ0n) is 6.71. The second-order valence-electron chi connectivity index (χ2n) is 2.32. The number of aliphatic imine (C=N–C) groups is 1. The van der Waals surface area contributed by atoms with Gasteiger partial charge in [0.25, 0.3) is 0 Å². The van der Waals surface area contributed by atoms with E-state index >= 15 is 0 Å². The van der Waals surface area contributed by atoms with Crippen LogP contribution in [0.15, 0.2) is 29.2 Å². The lowest BCUT2D eigenvalue weighted by molar-refractivity contribution is 0.151. The van der Waals surface area contributed by atoms with Crippen LogP contribution in [0.4, 0.5) is 0 Å². The van der Waals surface area contributed by atoms with E-state index < -0.39 is 0 Å². The van der Waals surface area contributed by atoms with Crippen molar-refractivity contribution in [2.24, 2.45) is 4.99 Å². The first-order chi connectivity index (χ1) is 5.29. The molecule has 0 saturated carbocycles. The Kier molecular flexibility index (Phi) is 2.31. The van der Waals surface area contributed by atoms with Gasteiger partial charge in [-0.3, -0.25) is 0 Å². The minimum atomic E-state index is 0.691. The van der Waals surface area contributed by atoms with Crippen LogP contribution in [0.5, 0.6) is 0 Å². The van der Waals surface area contributed by atoms with E-state index in [0.717, 1.165) is 12.4 Å². The van der Waals surface area contributed by atoms with Crippen LogP contribution in [0.25, 0.3) is 0 Å². The van der Waals surface area contributed by atoms with Crippen LogP contribution >= 0.6 is 0 Å². The first-order valence-corrected chi connectivity index (χ1v) is 3.47. The first-order valence-electron chi connectivity index (χ1n) is 3.47. The maximum absolute atomic E-state index is 5.29. The van der Waals surface area contributed by atoms with Crippen molar-refractivity contribution in [3.63, 3.8) is 0 Å². The average molecular weight is 152 g/mol. The highest BCUT2D eigenvalue weighted by Crippen LogP contribution is 2.16. The summed E-state index contributed by atoms with van der Waals surface area (Å²) in [5.74, 6) is 1.49. The Hall–Kier alpha value is -1.25. The number of nitrogens with zero attached hydrogens (tertiary/aromatic N) is 2. The van der Waals surface area contributed by atoms with Gasteiger partial charge >= 0.3 is 0 Å². The quantitative estimate of drug-likeness (QED) is 0.551. The first kappa shape index (κ1) is 7.85. The van der Waals surface area contributed by atoms with E-state index in [2.05, 4.69) is 18.3 Å². The molecule has 0 unspecified atom stereocenters. The lowest BCUT2D eigenvalue weighted by atomic mass is 10.4. The maximum atomic E-state index is 5.29. The predicted molar refractivity (Wildman–Crippen MR) is 45.4 cm³/mol. The van der Waals surface area contributed by atoms with Gasteiger partial charge in [0.2, 0.25) is 0 Å². The third kappa shape index (κ3) is 1.42. The van der Waals surface area contributed by atoms with Gasteiger partial charge in [-0.2, -0.15) is 0 Å². The largest absolute Gasteiger partial charge is 0.488 e. The normalized spacial score (nSPS) is 17.7. The Labute approximate surface area is 66.7 Å². The zero-order chi connectivity index (χ0) is 8.27. The molecule has 0 aliphatic carbocycles. The number of likely N-dealkylation sites (N-methyl/N-ethyl adjacent to an activating group) is 1. The minimum Gasteiger partial charge on any atom is -0.488 e. The van der Waals surface area contributed by atoms with Gasteiger partial charge in [0.1, 0.15) is 6.61 Å². The van der Waals surface area contributed by atoms with Crippen LogP contribution in [0, 0.1) is 0 Å². The molecule has 0 saturated heterocycles. The molecule has 0 radical (unpaired) electrons. The van der Waals surface area contributed by atoms with Crippen molar-refractivity contribution in [3.8, 4) is 0 Å². The lowest BCUT2D eigenvalue weighted by Gasteiger charge is -2.26. The summed E-state index contributed by atoms with van der Waals surface area (Å²) in [6.45, 7) is 8.62. The second kappa shape index (κ2) is 3.23. The van der Waals surface area contributed by atoms with Crippen LogP contribution < -0.4 is 0 Å². The van der Waals surface area contributed by atoms with Crippen molar-refractivity contribution in [2.45, 2.75) is 0 Å². The van der Waals surface area contributed by atoms with Crippen molar-refractivity contribution in [1.82, 2.24) is 4.90 Å². The molecule has 0 aromatic carbocycles. The van der Waals surface area contributed by atoms with E-state index in [0.29, 0.717) is 12.4 Å². The lowest BCUT2D eigenvalue weighted by Crippen LogP contribution is -2.27. The van der Waals surface area contributed by atoms with Gasteiger partial charge in [0.05, 0.1) is 6.54 Å². The molecule has 0 amide bonds. The predicted octanol–water partition coefficient (Wildman–Crippen LogP) is 1.00. The van der Waals surface area contributed by atoms with Gasteiger partial charge in [-0.1, -0.05) is 6.58 Å². The van der Waals surface area contributed by atoms with Crippen LogP contribution in [-0.4, -0.2) is 31.8 Å². The summed E-state index contributed by atoms with van der Waals surface area (Å²) >= 11 is 0. The fourth-order valence-corrected chi connectivity index (χ4v) is 1.000. The Bertz CT molecular complexity index is 208. The Morgan fingerprint density at radius 1 is 1.73 bits per heavy atom. The fraction of sp³-hybridized carbons (Fsp3) is 0.375. The van der Waals surface area contributed by atoms with Gasteiger partial charge in [-0.15, -0.1) is 0 Å². The number of hydrogen-bond donors (Lipinski definition) is 0. The van der Waals surface area contributed by atoms with E-state index in [4.69, 9.17) is 4.74 Å². The van der Waals surface area contributed by atoms with E-state index in [1.807, 2.05) is 11.9 Å². The molecule has 0 fully saturated rings. The molecule has 1 rings (SSSR count). The van der Waals surface area contributed by atoms with Crippen LogP contribution in [0.2, 0.25) is 0 Å². The van der Waals surface area contributed by atoms with Gasteiger partial charge in [0, 0.05) is 7.05 Å². The molecule has 0 aromatic rings. The van der Waals surface area contributed by atoms with Gasteiger partial charge < -0.3 is 9.64 Å². The monoisotopic (exact) mass is 152 g/mol. The van der Waals surface area contributed by atoms with Crippen molar-refractivity contribution < 1.29 is 4.74 Å². The molecule has 0 spiro atoms. The van der Waals surface area contributed by atoms with Crippen molar-refractivity contribution in [3.05, 3.63) is 24.2 Å². The molecule has 1 aliphatic rings. The summed E-state index contributed by atoms with van der Waals surface area (Å²) in [6.07, 6.45) is 1.65. The van der Waals surface area contributed by atoms with Crippen molar-refractivity contribution in [1.29, 1.82) is 0 Å². The average Bonchev–Trinajstić information content (AvgIpc) is 2.04. The Morgan fingerprint density at radius 3 is 2.91 bits per heavy atom. The number of hydrogen-bond acceptors (Lipinski definition) is 3. The standard InChI is InChI=1S/C8H12N2O/c1-4-7-8(9-2)10(3)5-6-11-7/h4H,1-2,5-6H2,3H3. The molecule has 0 N–H and O–H groups in total. The maximum Gasteiger partial charge on any atom is 0.170 e. The summed E-state index contributed by atoms with van der Waals surface area (Å²) < 4.78 is 5.29. The highest BCUT2D eigenvalue weighted by atomic mass is 16.5. The van der Waals surface area contributed by atoms with Gasteiger partial charge in [-0.05, 0) is 12.8 Å². The molecule has 1 heterocycles. The minimum absolute atomic E-state index is 0.691. The van der Waals surface area contributed by atoms with E-state index in [9.17, 15) is 0 Å². The SMILES string of the molecule is C=CC1=C(N=C)N(C)CCO1. The highest BCUT2D eigenvalue weighted by Gasteiger charge is 2.14. The van der Waals surface area contributed by atoms with Gasteiger partial charge in [0.15, 0.2) is 11.6 Å². The summed E-state index contributed by atoms with van der Waals surface area (Å²) in [5.41, 5.74) is 0. The van der Waals surface area contributed by atoms with Crippen LogP contribution in [-0.2, 0) is 4.74 Å². The molecule has 11 heavy (non-hydrogen) atoms. The third-order valence-electron chi connectivity index (χ3n) is 1.60. The molecule has 0 atom stereocenters. The number of allylic oxidation sites excluding steroid dienone is 1. The topological polar surface area (TPSA) is 24.8 Å². The highest BCUT2D eigenvalue weighted by molar-refractivity contribution is 5.31. The van der Waals surface area contributed by atoms with E-state index in [1.54, 1.807) is 6.08 Å². The molecule has 60 valence electrons. The molecule has 3 heteroatoms. The molecular weight excluding hydrogens is 140 g/mol. The second-order valence-corrected chi connectivity index (χ2v) is 2.32. The molecular formula is C8H12N2O. The summed E-state index contributed by atoms with van der Waals surface area (Å²) in [6, 6.07) is 0. The fourth-order valence-electron chi connectivity index (χ4n) is 1.000. The molecule has 3 nitrogen and oxygen atoms in total. The Balaban J connectivity index is 2.94. The number of ether oxygens (including phenoxy) is 1. The summed E-state index contributed by atoms with van der Waals surface area (Å²) in [5, 5.41) is 0. The van der Waals surface area contributed by atoms with E-state index in [-0.39, 0.29) is 0 Å². The molecule has 1 aliphatic heterocycles. The van der Waals surface area contributed by atoms with Crippen LogP contribution in [0.1, 0.15) is 0 Å². The number of rotatable bonds is 2. The summed E-state index contributed by atoms with van der Waals surface area (Å²) in [4.78, 5) is 5.83. The zero-order valence-corrected chi connectivity index (χ0v) is 6.71. The van der Waals surface area contributed by atoms with Gasteiger partial charge in [-0.25, -0.2) is 4.99 Å². The Morgan fingerprint density at radius 2 is 2.45 bits per heavy atom. The van der Waals surface area contributed by atoms with Crippen LogP contribution in [0.3, 0.4) is 0 Å². The van der Waals surface area contributed by atoms with Crippen molar-refractivity contribution in [2.75, 3.05) is 20.2 Å². The van der Waals surface area contributed by atoms with Crippen molar-refractivity contribution >= 4 is 6.72 Å². The molecule has 0 aromatic heterocycles. The van der Waals surface area contributed by atoms with E-state index in [1.165, 1.54) is 0 Å².